The van der Waals surface area contributed by atoms with Gasteiger partial charge in [-0.25, -0.2) is 13.2 Å². The first-order chi connectivity index (χ1) is 15.9. The zero-order valence-corrected chi connectivity index (χ0v) is 18.4. The van der Waals surface area contributed by atoms with Crippen LogP contribution in [0.5, 0.6) is 0 Å². The summed E-state index contributed by atoms with van der Waals surface area (Å²) in [5.41, 5.74) is 1.09. The minimum atomic E-state index is -1.03. The smallest absolute Gasteiger partial charge is 0.254 e. The summed E-state index contributed by atoms with van der Waals surface area (Å²) >= 11 is 0. The Kier molecular flexibility index (Phi) is 7.17. The second-order valence-electron chi connectivity index (χ2n) is 8.36. The molecule has 2 aromatic carbocycles. The molecule has 2 fully saturated rings. The van der Waals surface area contributed by atoms with Gasteiger partial charge in [-0.3, -0.25) is 14.5 Å². The lowest BCUT2D eigenvalue weighted by atomic mass is 10.1. The van der Waals surface area contributed by atoms with Gasteiger partial charge < -0.3 is 14.7 Å². The minimum absolute atomic E-state index is 0.106. The molecule has 2 aliphatic heterocycles. The molecule has 2 saturated heterocycles. The molecule has 0 atom stereocenters. The first kappa shape index (κ1) is 23.1. The number of halogens is 3. The van der Waals surface area contributed by atoms with E-state index in [9.17, 15) is 22.8 Å². The zero-order valence-electron chi connectivity index (χ0n) is 18.4. The molecule has 0 N–H and O–H groups in total. The van der Waals surface area contributed by atoms with Crippen LogP contribution in [0.2, 0.25) is 0 Å². The number of carbonyl (C=O) groups is 2. The second-order valence-corrected chi connectivity index (χ2v) is 8.36. The van der Waals surface area contributed by atoms with Crippen molar-refractivity contribution in [2.45, 2.75) is 6.42 Å². The fourth-order valence-electron chi connectivity index (χ4n) is 4.26. The third-order valence-electron chi connectivity index (χ3n) is 6.29. The molecule has 0 radical (unpaired) electrons. The quantitative estimate of drug-likeness (QED) is 0.689. The van der Waals surface area contributed by atoms with Crippen molar-refractivity contribution in [3.63, 3.8) is 0 Å². The largest absolute Gasteiger partial charge is 0.368 e. The summed E-state index contributed by atoms with van der Waals surface area (Å²) < 4.78 is 39.6. The molecule has 0 bridgehead atoms. The van der Waals surface area contributed by atoms with Gasteiger partial charge in [0.25, 0.3) is 5.91 Å². The Bertz CT molecular complexity index is 986. The van der Waals surface area contributed by atoms with E-state index in [2.05, 4.69) is 9.80 Å². The van der Waals surface area contributed by atoms with E-state index in [1.807, 2.05) is 4.90 Å². The fraction of sp³-hybridized carbons (Fsp3) is 0.417. The van der Waals surface area contributed by atoms with Crippen LogP contribution in [0.25, 0.3) is 0 Å². The Morgan fingerprint density at radius 2 is 1.36 bits per heavy atom. The Hall–Kier alpha value is -3.07. The van der Waals surface area contributed by atoms with Crippen LogP contribution in [-0.2, 0) is 4.79 Å². The van der Waals surface area contributed by atoms with Crippen molar-refractivity contribution in [3.05, 3.63) is 65.5 Å². The van der Waals surface area contributed by atoms with Crippen molar-refractivity contribution in [2.75, 3.05) is 63.8 Å². The second kappa shape index (κ2) is 10.2. The first-order valence-electron chi connectivity index (χ1n) is 11.2. The number of rotatable bonds is 5. The molecule has 0 unspecified atom stereocenters. The van der Waals surface area contributed by atoms with Gasteiger partial charge in [0, 0.05) is 76.6 Å². The fourth-order valence-corrected chi connectivity index (χ4v) is 4.26. The first-order valence-corrected chi connectivity index (χ1v) is 11.2. The number of carbonyl (C=O) groups excluding carboxylic acids is 2. The van der Waals surface area contributed by atoms with E-state index in [1.165, 1.54) is 18.2 Å². The summed E-state index contributed by atoms with van der Waals surface area (Å²) in [5, 5.41) is 0. The van der Waals surface area contributed by atoms with E-state index in [1.54, 1.807) is 17.0 Å². The predicted molar refractivity (Wildman–Crippen MR) is 119 cm³/mol. The Labute approximate surface area is 191 Å². The van der Waals surface area contributed by atoms with E-state index in [0.29, 0.717) is 65.3 Å². The molecule has 4 rings (SSSR count). The Balaban J connectivity index is 1.18. The van der Waals surface area contributed by atoms with Gasteiger partial charge in [0.05, 0.1) is 0 Å². The lowest BCUT2D eigenvalue weighted by molar-refractivity contribution is -0.131. The normalized spacial score (nSPS) is 17.4. The summed E-state index contributed by atoms with van der Waals surface area (Å²) in [7, 11) is 0. The molecule has 2 amide bonds. The van der Waals surface area contributed by atoms with Gasteiger partial charge in [-0.1, -0.05) is 0 Å². The average Bonchev–Trinajstić information content (AvgIpc) is 2.85. The standard InChI is InChI=1S/C24H27F3N4O2/c25-19-2-4-20(5-3-19)29-13-15-30(16-14-29)23(32)7-8-28-9-11-31(12-10-28)24(33)18-1-6-21(26)22(27)17-18/h1-6,17H,7-16H2. The molecule has 9 heteroatoms. The molecule has 2 heterocycles. The monoisotopic (exact) mass is 460 g/mol. The summed E-state index contributed by atoms with van der Waals surface area (Å²) in [6.45, 7) is 5.50. The van der Waals surface area contributed by atoms with Gasteiger partial charge in [-0.05, 0) is 42.5 Å². The maximum Gasteiger partial charge on any atom is 0.254 e. The van der Waals surface area contributed by atoms with Crippen LogP contribution in [0.4, 0.5) is 18.9 Å². The Morgan fingerprint density at radius 3 is 2.00 bits per heavy atom. The van der Waals surface area contributed by atoms with Crippen LogP contribution in [0.15, 0.2) is 42.5 Å². The highest BCUT2D eigenvalue weighted by molar-refractivity contribution is 5.94. The molecule has 2 aliphatic rings. The highest BCUT2D eigenvalue weighted by Gasteiger charge is 2.25. The summed E-state index contributed by atoms with van der Waals surface area (Å²) in [4.78, 5) is 32.9. The molecule has 0 spiro atoms. The number of hydrogen-bond donors (Lipinski definition) is 0. The van der Waals surface area contributed by atoms with Crippen molar-refractivity contribution >= 4 is 17.5 Å². The van der Waals surface area contributed by atoms with Crippen LogP contribution in [0.3, 0.4) is 0 Å². The number of piperazine rings is 2. The van der Waals surface area contributed by atoms with Gasteiger partial charge >= 0.3 is 0 Å². The maximum absolute atomic E-state index is 13.4. The lowest BCUT2D eigenvalue weighted by Crippen LogP contribution is -2.51. The molecule has 33 heavy (non-hydrogen) atoms. The highest BCUT2D eigenvalue weighted by Crippen LogP contribution is 2.18. The maximum atomic E-state index is 13.4. The van der Waals surface area contributed by atoms with E-state index in [0.717, 1.165) is 17.8 Å². The molecule has 2 aromatic rings. The minimum Gasteiger partial charge on any atom is -0.368 e. The van der Waals surface area contributed by atoms with E-state index < -0.39 is 11.6 Å². The number of anilines is 1. The number of benzene rings is 2. The lowest BCUT2D eigenvalue weighted by Gasteiger charge is -2.37. The molecular formula is C24H27F3N4O2. The van der Waals surface area contributed by atoms with Crippen molar-refractivity contribution < 1.29 is 22.8 Å². The third kappa shape index (κ3) is 5.65. The van der Waals surface area contributed by atoms with Gasteiger partial charge in [-0.15, -0.1) is 0 Å². The number of amides is 2. The number of nitrogens with zero attached hydrogens (tertiary/aromatic N) is 4. The van der Waals surface area contributed by atoms with E-state index >= 15 is 0 Å². The summed E-state index contributed by atoms with van der Waals surface area (Å²) in [6, 6.07) is 9.58. The van der Waals surface area contributed by atoms with Crippen LogP contribution in [-0.4, -0.2) is 85.4 Å². The van der Waals surface area contributed by atoms with Crippen LogP contribution in [0, 0.1) is 17.5 Å². The molecule has 0 saturated carbocycles. The van der Waals surface area contributed by atoms with E-state index in [4.69, 9.17) is 0 Å². The van der Waals surface area contributed by atoms with Crippen LogP contribution < -0.4 is 4.90 Å². The zero-order chi connectivity index (χ0) is 23.4. The highest BCUT2D eigenvalue weighted by atomic mass is 19.2. The molecule has 6 nitrogen and oxygen atoms in total. The molecule has 0 aliphatic carbocycles. The molecule has 176 valence electrons. The SMILES string of the molecule is O=C(CCN1CCN(C(=O)c2ccc(F)c(F)c2)CC1)N1CCN(c2ccc(F)cc2)CC1. The molecule has 0 aromatic heterocycles. The average molecular weight is 461 g/mol. The predicted octanol–water partition coefficient (Wildman–Crippen LogP) is 2.60. The summed E-state index contributed by atoms with van der Waals surface area (Å²) in [6.07, 6.45) is 0.410. The summed E-state index contributed by atoms with van der Waals surface area (Å²) in [5.74, 6) is -2.48. The third-order valence-corrected chi connectivity index (χ3v) is 6.29. The van der Waals surface area contributed by atoms with E-state index in [-0.39, 0.29) is 23.2 Å². The molecular weight excluding hydrogens is 433 g/mol. The van der Waals surface area contributed by atoms with Crippen molar-refractivity contribution in [1.29, 1.82) is 0 Å². The van der Waals surface area contributed by atoms with Gasteiger partial charge in [0.15, 0.2) is 11.6 Å². The van der Waals surface area contributed by atoms with Gasteiger partial charge in [-0.2, -0.15) is 0 Å². The van der Waals surface area contributed by atoms with Crippen LogP contribution >= 0.6 is 0 Å². The van der Waals surface area contributed by atoms with Crippen molar-refractivity contribution in [2.24, 2.45) is 0 Å². The van der Waals surface area contributed by atoms with Gasteiger partial charge in [0.2, 0.25) is 5.91 Å². The van der Waals surface area contributed by atoms with Crippen molar-refractivity contribution in [1.82, 2.24) is 14.7 Å². The Morgan fingerprint density at radius 1 is 0.727 bits per heavy atom. The van der Waals surface area contributed by atoms with Gasteiger partial charge in [0.1, 0.15) is 5.82 Å². The van der Waals surface area contributed by atoms with Crippen molar-refractivity contribution in [3.8, 4) is 0 Å². The van der Waals surface area contributed by atoms with Crippen LogP contribution in [0.1, 0.15) is 16.8 Å². The topological polar surface area (TPSA) is 47.1 Å². The number of hydrogen-bond acceptors (Lipinski definition) is 4.